The van der Waals surface area contributed by atoms with Crippen molar-refractivity contribution in [2.24, 2.45) is 22.7 Å². The second-order valence-electron chi connectivity index (χ2n) is 8.06. The average molecular weight is 264 g/mol. The van der Waals surface area contributed by atoms with Gasteiger partial charge in [-0.15, -0.1) is 0 Å². The summed E-state index contributed by atoms with van der Waals surface area (Å²) in [7, 11) is 0. The molecule has 0 aromatic carbocycles. The number of carbonyl (C=O) groups is 1. The number of hydrogen-bond donors (Lipinski definition) is 1. The van der Waals surface area contributed by atoms with Crippen LogP contribution in [0.1, 0.15) is 58.8 Å². The van der Waals surface area contributed by atoms with Gasteiger partial charge >= 0.3 is 5.97 Å². The van der Waals surface area contributed by atoms with Crippen LogP contribution in [-0.4, -0.2) is 22.8 Å². The van der Waals surface area contributed by atoms with Crippen molar-refractivity contribution in [3.8, 4) is 0 Å². The maximum absolute atomic E-state index is 12.1. The SMILES string of the molecule is C[C@]12CCC[C@](C)(O)C1C[C@H]1[C@@H](C2)OC(=O)C12CC2. The Morgan fingerprint density at radius 1 is 1.21 bits per heavy atom. The first kappa shape index (κ1) is 12.2. The van der Waals surface area contributed by atoms with Gasteiger partial charge < -0.3 is 9.84 Å². The van der Waals surface area contributed by atoms with E-state index in [9.17, 15) is 9.90 Å². The highest BCUT2D eigenvalue weighted by Gasteiger charge is 2.69. The first-order chi connectivity index (χ1) is 8.87. The van der Waals surface area contributed by atoms with Crippen molar-refractivity contribution in [3.63, 3.8) is 0 Å². The molecular weight excluding hydrogens is 240 g/mol. The molecule has 1 spiro atoms. The van der Waals surface area contributed by atoms with Crippen molar-refractivity contribution in [2.45, 2.75) is 70.5 Å². The normalized spacial score (nSPS) is 54.5. The van der Waals surface area contributed by atoms with Gasteiger partial charge in [0.15, 0.2) is 0 Å². The van der Waals surface area contributed by atoms with E-state index in [0.717, 1.165) is 38.5 Å². The molecule has 1 heterocycles. The molecule has 3 aliphatic carbocycles. The lowest BCUT2D eigenvalue weighted by Crippen LogP contribution is -2.54. The first-order valence-corrected chi connectivity index (χ1v) is 7.81. The molecular formula is C16H24O3. The van der Waals surface area contributed by atoms with Gasteiger partial charge in [-0.3, -0.25) is 4.79 Å². The molecule has 3 saturated carbocycles. The van der Waals surface area contributed by atoms with Gasteiger partial charge in [-0.05, 0) is 56.8 Å². The zero-order chi connectivity index (χ0) is 13.5. The van der Waals surface area contributed by atoms with E-state index in [-0.39, 0.29) is 22.9 Å². The molecule has 0 aromatic heterocycles. The van der Waals surface area contributed by atoms with E-state index in [2.05, 4.69) is 6.92 Å². The van der Waals surface area contributed by atoms with Crippen LogP contribution in [0.25, 0.3) is 0 Å². The van der Waals surface area contributed by atoms with Crippen molar-refractivity contribution >= 4 is 5.97 Å². The largest absolute Gasteiger partial charge is 0.462 e. The highest BCUT2D eigenvalue weighted by Crippen LogP contribution is 2.67. The van der Waals surface area contributed by atoms with Crippen LogP contribution < -0.4 is 0 Å². The minimum atomic E-state index is -0.556. The van der Waals surface area contributed by atoms with Gasteiger partial charge in [0.05, 0.1) is 11.0 Å². The van der Waals surface area contributed by atoms with Crippen molar-refractivity contribution in [1.82, 2.24) is 0 Å². The lowest BCUT2D eigenvalue weighted by molar-refractivity contribution is -0.155. The quantitative estimate of drug-likeness (QED) is 0.684. The van der Waals surface area contributed by atoms with Gasteiger partial charge in [-0.25, -0.2) is 0 Å². The summed E-state index contributed by atoms with van der Waals surface area (Å²) in [6, 6.07) is 0. The lowest BCUT2D eigenvalue weighted by Gasteiger charge is -2.55. The third-order valence-electron chi connectivity index (χ3n) is 6.79. The molecule has 3 heteroatoms. The van der Waals surface area contributed by atoms with E-state index in [1.165, 1.54) is 6.42 Å². The molecule has 1 aliphatic heterocycles. The van der Waals surface area contributed by atoms with Gasteiger partial charge in [0.1, 0.15) is 6.10 Å². The molecule has 0 radical (unpaired) electrons. The van der Waals surface area contributed by atoms with Crippen molar-refractivity contribution in [1.29, 1.82) is 0 Å². The topological polar surface area (TPSA) is 46.5 Å². The van der Waals surface area contributed by atoms with Gasteiger partial charge in [0.2, 0.25) is 0 Å². The number of esters is 1. The Kier molecular flexibility index (Phi) is 2.16. The third-order valence-corrected chi connectivity index (χ3v) is 6.79. The van der Waals surface area contributed by atoms with E-state index < -0.39 is 5.60 Å². The Morgan fingerprint density at radius 3 is 2.63 bits per heavy atom. The van der Waals surface area contributed by atoms with Crippen molar-refractivity contribution < 1.29 is 14.6 Å². The fourth-order valence-electron chi connectivity index (χ4n) is 5.56. The Labute approximate surface area is 114 Å². The summed E-state index contributed by atoms with van der Waals surface area (Å²) in [6.45, 7) is 4.31. The maximum atomic E-state index is 12.1. The van der Waals surface area contributed by atoms with E-state index in [4.69, 9.17) is 4.74 Å². The Balaban J connectivity index is 1.69. The van der Waals surface area contributed by atoms with Crippen LogP contribution in [0.2, 0.25) is 0 Å². The average Bonchev–Trinajstić information content (AvgIpc) is 3.03. The second kappa shape index (κ2) is 3.36. The lowest BCUT2D eigenvalue weighted by atomic mass is 9.52. The molecule has 0 amide bonds. The summed E-state index contributed by atoms with van der Waals surface area (Å²) in [6.07, 6.45) is 7.28. The number of ether oxygens (including phenoxy) is 1. The van der Waals surface area contributed by atoms with Gasteiger partial charge in [0.25, 0.3) is 0 Å². The zero-order valence-electron chi connectivity index (χ0n) is 11.9. The minimum Gasteiger partial charge on any atom is -0.462 e. The van der Waals surface area contributed by atoms with Crippen LogP contribution >= 0.6 is 0 Å². The summed E-state index contributed by atoms with van der Waals surface area (Å²) in [5, 5.41) is 10.8. The standard InChI is InChI=1S/C16H24O3/c1-14-4-3-5-15(2,18)12(14)8-10-11(9-14)19-13(17)16(10)6-7-16/h10-12,18H,3-9H2,1-2H3/t10-,11+,12?,14+,15-/m0/s1. The minimum absolute atomic E-state index is 0.0596. The zero-order valence-corrected chi connectivity index (χ0v) is 11.9. The predicted molar refractivity (Wildman–Crippen MR) is 70.3 cm³/mol. The smallest absolute Gasteiger partial charge is 0.312 e. The fourth-order valence-corrected chi connectivity index (χ4v) is 5.56. The Bertz CT molecular complexity index is 437. The molecule has 0 bridgehead atoms. The number of rotatable bonds is 0. The Hall–Kier alpha value is -0.570. The van der Waals surface area contributed by atoms with Crippen molar-refractivity contribution in [2.75, 3.05) is 0 Å². The second-order valence-corrected chi connectivity index (χ2v) is 8.06. The van der Waals surface area contributed by atoms with Crippen LogP contribution in [0, 0.1) is 22.7 Å². The molecule has 4 aliphatic rings. The Morgan fingerprint density at radius 2 is 1.95 bits per heavy atom. The molecule has 3 nitrogen and oxygen atoms in total. The highest BCUT2D eigenvalue weighted by molar-refractivity contribution is 5.82. The predicted octanol–water partition coefficient (Wildman–Crippen LogP) is 2.66. The maximum Gasteiger partial charge on any atom is 0.312 e. The molecule has 4 fully saturated rings. The number of carbonyl (C=O) groups excluding carboxylic acids is 1. The van der Waals surface area contributed by atoms with E-state index in [0.29, 0.717) is 11.8 Å². The van der Waals surface area contributed by atoms with Crippen LogP contribution in [0.4, 0.5) is 0 Å². The number of fused-ring (bicyclic) bond motifs is 3. The van der Waals surface area contributed by atoms with Gasteiger partial charge in [-0.2, -0.15) is 0 Å². The molecule has 1 saturated heterocycles. The van der Waals surface area contributed by atoms with Crippen LogP contribution in [-0.2, 0) is 9.53 Å². The molecule has 19 heavy (non-hydrogen) atoms. The summed E-state index contributed by atoms with van der Waals surface area (Å²) < 4.78 is 5.70. The van der Waals surface area contributed by atoms with E-state index >= 15 is 0 Å². The van der Waals surface area contributed by atoms with E-state index in [1.807, 2.05) is 6.92 Å². The highest BCUT2D eigenvalue weighted by atomic mass is 16.6. The molecule has 1 N–H and O–H groups in total. The monoisotopic (exact) mass is 264 g/mol. The van der Waals surface area contributed by atoms with Gasteiger partial charge in [0, 0.05) is 5.92 Å². The fraction of sp³-hybridized carbons (Fsp3) is 0.938. The van der Waals surface area contributed by atoms with Gasteiger partial charge in [-0.1, -0.05) is 13.3 Å². The summed E-state index contributed by atoms with van der Waals surface area (Å²) >= 11 is 0. The summed E-state index contributed by atoms with van der Waals surface area (Å²) in [5.41, 5.74) is -0.539. The molecule has 0 aromatic rings. The van der Waals surface area contributed by atoms with Crippen molar-refractivity contribution in [3.05, 3.63) is 0 Å². The molecule has 1 unspecified atom stereocenters. The number of aliphatic hydroxyl groups is 1. The first-order valence-electron chi connectivity index (χ1n) is 7.81. The third kappa shape index (κ3) is 1.45. The van der Waals surface area contributed by atoms with E-state index in [1.54, 1.807) is 0 Å². The summed E-state index contributed by atoms with van der Waals surface area (Å²) in [5.74, 6) is 0.772. The van der Waals surface area contributed by atoms with Crippen LogP contribution in [0.15, 0.2) is 0 Å². The van der Waals surface area contributed by atoms with Crippen LogP contribution in [0.3, 0.4) is 0 Å². The molecule has 5 atom stereocenters. The molecule has 4 rings (SSSR count). The van der Waals surface area contributed by atoms with Crippen LogP contribution in [0.5, 0.6) is 0 Å². The molecule has 106 valence electrons. The summed E-state index contributed by atoms with van der Waals surface area (Å²) in [4.78, 5) is 12.1. The number of hydrogen-bond acceptors (Lipinski definition) is 3.